The van der Waals surface area contributed by atoms with E-state index >= 15 is 0 Å². The van der Waals surface area contributed by atoms with Crippen molar-refractivity contribution >= 4 is 33.0 Å². The lowest BCUT2D eigenvalue weighted by Gasteiger charge is -2.22. The molecule has 1 aliphatic rings. The number of hydrogen-bond acceptors (Lipinski definition) is 3. The second-order valence-corrected chi connectivity index (χ2v) is 5.98. The summed E-state index contributed by atoms with van der Waals surface area (Å²) in [5.74, 6) is 0.517. The number of pyridine rings is 1. The monoisotopic (exact) mass is 283 g/mol. The molecule has 0 aliphatic carbocycles. The molecule has 3 rings (SSSR count). The van der Waals surface area contributed by atoms with E-state index in [4.69, 9.17) is 16.3 Å². The van der Waals surface area contributed by atoms with Gasteiger partial charge in [-0.05, 0) is 30.2 Å². The first kappa shape index (κ1) is 12.2. The Labute approximate surface area is 114 Å². The van der Waals surface area contributed by atoms with Crippen molar-refractivity contribution in [2.24, 2.45) is 5.92 Å². The van der Waals surface area contributed by atoms with Crippen molar-refractivity contribution < 1.29 is 4.74 Å². The van der Waals surface area contributed by atoms with Crippen molar-refractivity contribution in [2.45, 2.75) is 19.4 Å². The van der Waals surface area contributed by atoms with Gasteiger partial charge in [0.15, 0.2) is 0 Å². The van der Waals surface area contributed by atoms with Crippen LogP contribution in [0.25, 0.3) is 10.1 Å². The topological polar surface area (TPSA) is 31.2 Å². The van der Waals surface area contributed by atoms with E-state index in [9.17, 15) is 4.79 Å². The van der Waals surface area contributed by atoms with Crippen molar-refractivity contribution in [1.82, 2.24) is 4.57 Å². The minimum Gasteiger partial charge on any atom is -0.381 e. The zero-order valence-electron chi connectivity index (χ0n) is 9.89. The molecule has 3 heterocycles. The lowest BCUT2D eigenvalue weighted by atomic mass is 10.0. The van der Waals surface area contributed by atoms with Crippen LogP contribution in [0.3, 0.4) is 0 Å². The third-order valence-electron chi connectivity index (χ3n) is 3.44. The Morgan fingerprint density at radius 2 is 2.22 bits per heavy atom. The van der Waals surface area contributed by atoms with Crippen LogP contribution in [-0.2, 0) is 11.3 Å². The molecular formula is C13H14ClNO2S. The number of rotatable bonds is 2. The fourth-order valence-corrected chi connectivity index (χ4v) is 3.56. The summed E-state index contributed by atoms with van der Waals surface area (Å²) >= 11 is 7.74. The summed E-state index contributed by atoms with van der Waals surface area (Å²) in [5.41, 5.74) is 0.0714. The third kappa shape index (κ3) is 2.20. The molecule has 0 spiro atoms. The lowest BCUT2D eigenvalue weighted by Crippen LogP contribution is -2.27. The Morgan fingerprint density at radius 3 is 3.00 bits per heavy atom. The highest BCUT2D eigenvalue weighted by Gasteiger charge is 2.16. The molecule has 2 aromatic rings. The molecule has 1 aliphatic heterocycles. The van der Waals surface area contributed by atoms with Gasteiger partial charge in [0.25, 0.3) is 5.56 Å². The normalized spacial score (nSPS) is 17.4. The van der Waals surface area contributed by atoms with Gasteiger partial charge in [-0.3, -0.25) is 4.79 Å². The molecular weight excluding hydrogens is 270 g/mol. The summed E-state index contributed by atoms with van der Waals surface area (Å²) < 4.78 is 7.99. The Bertz CT molecular complexity index is 613. The van der Waals surface area contributed by atoms with Gasteiger partial charge in [-0.25, -0.2) is 0 Å². The maximum absolute atomic E-state index is 12.3. The van der Waals surface area contributed by atoms with Crippen LogP contribution in [0, 0.1) is 5.92 Å². The number of hydrogen-bond donors (Lipinski definition) is 0. The van der Waals surface area contributed by atoms with Crippen molar-refractivity contribution in [1.29, 1.82) is 0 Å². The van der Waals surface area contributed by atoms with Crippen LogP contribution in [0.5, 0.6) is 0 Å². The highest BCUT2D eigenvalue weighted by molar-refractivity contribution is 7.17. The number of fused-ring (bicyclic) bond motifs is 1. The van der Waals surface area contributed by atoms with Gasteiger partial charge in [0.1, 0.15) is 0 Å². The molecule has 0 unspecified atom stereocenters. The molecule has 0 saturated carbocycles. The standard InChI is InChI=1S/C13H14ClNO2S/c14-11-8-15(7-9-1-4-17-5-2-9)13(16)10-3-6-18-12(10)11/h3,6,8-9H,1-2,4-5,7H2. The zero-order chi connectivity index (χ0) is 12.5. The Morgan fingerprint density at radius 1 is 1.44 bits per heavy atom. The number of nitrogens with zero attached hydrogens (tertiary/aromatic N) is 1. The smallest absolute Gasteiger partial charge is 0.259 e. The summed E-state index contributed by atoms with van der Waals surface area (Å²) in [6, 6.07) is 1.86. The van der Waals surface area contributed by atoms with Crippen molar-refractivity contribution in [2.75, 3.05) is 13.2 Å². The second-order valence-electron chi connectivity index (χ2n) is 4.65. The Balaban J connectivity index is 1.96. The molecule has 0 aromatic carbocycles. The third-order valence-corrected chi connectivity index (χ3v) is 4.78. The fourth-order valence-electron chi connectivity index (χ4n) is 2.41. The minimum absolute atomic E-state index is 0.0714. The van der Waals surface area contributed by atoms with Gasteiger partial charge in [-0.2, -0.15) is 0 Å². The van der Waals surface area contributed by atoms with Crippen LogP contribution in [0.2, 0.25) is 5.02 Å². The maximum Gasteiger partial charge on any atom is 0.259 e. The van der Waals surface area contributed by atoms with Crippen LogP contribution >= 0.6 is 22.9 Å². The van der Waals surface area contributed by atoms with Crippen LogP contribution in [-0.4, -0.2) is 17.8 Å². The van der Waals surface area contributed by atoms with E-state index in [0.717, 1.165) is 42.7 Å². The Hall–Kier alpha value is -0.840. The van der Waals surface area contributed by atoms with Crippen LogP contribution in [0.1, 0.15) is 12.8 Å². The molecule has 18 heavy (non-hydrogen) atoms. The summed E-state index contributed by atoms with van der Waals surface area (Å²) in [5, 5.41) is 3.32. The van der Waals surface area contributed by atoms with Gasteiger partial charge < -0.3 is 9.30 Å². The van der Waals surface area contributed by atoms with E-state index < -0.39 is 0 Å². The van der Waals surface area contributed by atoms with Gasteiger partial charge in [0.05, 0.1) is 15.1 Å². The first-order chi connectivity index (χ1) is 8.75. The average molecular weight is 284 g/mol. The summed E-state index contributed by atoms with van der Waals surface area (Å²) in [6.45, 7) is 2.34. The number of halogens is 1. The van der Waals surface area contributed by atoms with Gasteiger partial charge in [0, 0.05) is 26.0 Å². The largest absolute Gasteiger partial charge is 0.381 e. The maximum atomic E-state index is 12.3. The molecule has 0 atom stereocenters. The van der Waals surface area contributed by atoms with E-state index in [-0.39, 0.29) is 5.56 Å². The van der Waals surface area contributed by atoms with Gasteiger partial charge >= 0.3 is 0 Å². The summed E-state index contributed by atoms with van der Waals surface area (Å²) in [7, 11) is 0. The molecule has 0 N–H and O–H groups in total. The van der Waals surface area contributed by atoms with Crippen molar-refractivity contribution in [3.8, 4) is 0 Å². The minimum atomic E-state index is 0.0714. The first-order valence-corrected chi connectivity index (χ1v) is 7.35. The number of thiophene rings is 1. The van der Waals surface area contributed by atoms with Crippen LogP contribution in [0.4, 0.5) is 0 Å². The highest BCUT2D eigenvalue weighted by Crippen LogP contribution is 2.26. The average Bonchev–Trinajstić information content (AvgIpc) is 2.87. The lowest BCUT2D eigenvalue weighted by molar-refractivity contribution is 0.0610. The fraction of sp³-hybridized carbons (Fsp3) is 0.462. The second kappa shape index (κ2) is 5.03. The predicted octanol–water partition coefficient (Wildman–Crippen LogP) is 3.14. The number of aromatic nitrogens is 1. The highest BCUT2D eigenvalue weighted by atomic mass is 35.5. The summed E-state index contributed by atoms with van der Waals surface area (Å²) in [4.78, 5) is 12.3. The van der Waals surface area contributed by atoms with E-state index in [1.54, 1.807) is 10.8 Å². The van der Waals surface area contributed by atoms with Crippen LogP contribution < -0.4 is 5.56 Å². The molecule has 3 nitrogen and oxygen atoms in total. The SMILES string of the molecule is O=c1c2ccsc2c(Cl)cn1CC1CCOCC1. The van der Waals surface area contributed by atoms with E-state index in [1.807, 2.05) is 11.4 Å². The van der Waals surface area contributed by atoms with E-state index in [2.05, 4.69) is 0 Å². The van der Waals surface area contributed by atoms with Crippen molar-refractivity contribution in [3.63, 3.8) is 0 Å². The first-order valence-electron chi connectivity index (χ1n) is 6.09. The molecule has 5 heteroatoms. The van der Waals surface area contributed by atoms with Gasteiger partial charge in [0.2, 0.25) is 0 Å². The quantitative estimate of drug-likeness (QED) is 0.848. The molecule has 2 aromatic heterocycles. The Kier molecular flexibility index (Phi) is 3.41. The molecule has 0 bridgehead atoms. The molecule has 0 radical (unpaired) electrons. The van der Waals surface area contributed by atoms with Gasteiger partial charge in [-0.1, -0.05) is 11.6 Å². The van der Waals surface area contributed by atoms with E-state index in [1.165, 1.54) is 11.3 Å². The van der Waals surface area contributed by atoms with Crippen LogP contribution in [0.15, 0.2) is 22.4 Å². The van der Waals surface area contributed by atoms with Gasteiger partial charge in [-0.15, -0.1) is 11.3 Å². The predicted molar refractivity (Wildman–Crippen MR) is 74.6 cm³/mol. The molecule has 96 valence electrons. The summed E-state index contributed by atoms with van der Waals surface area (Å²) in [6.07, 6.45) is 3.82. The zero-order valence-corrected chi connectivity index (χ0v) is 11.5. The van der Waals surface area contributed by atoms with E-state index in [0.29, 0.717) is 10.9 Å². The molecule has 0 amide bonds. The number of ether oxygens (including phenoxy) is 1. The molecule has 1 saturated heterocycles. The van der Waals surface area contributed by atoms with Crippen molar-refractivity contribution in [3.05, 3.63) is 33.0 Å². The molecule has 1 fully saturated rings.